The lowest BCUT2D eigenvalue weighted by molar-refractivity contribution is 0.0586. The van der Waals surface area contributed by atoms with E-state index in [1.54, 1.807) is 13.0 Å². The van der Waals surface area contributed by atoms with Crippen molar-refractivity contribution in [2.24, 2.45) is 5.73 Å². The van der Waals surface area contributed by atoms with Gasteiger partial charge in [-0.25, -0.2) is 14.8 Å². The zero-order valence-electron chi connectivity index (χ0n) is 10.6. The van der Waals surface area contributed by atoms with E-state index in [0.29, 0.717) is 18.1 Å². The quantitative estimate of drug-likeness (QED) is 0.751. The van der Waals surface area contributed by atoms with Crippen molar-refractivity contribution in [3.8, 4) is 0 Å². The van der Waals surface area contributed by atoms with Crippen molar-refractivity contribution < 1.29 is 9.53 Å². The Kier molecular flexibility index (Phi) is 4.01. The molecule has 0 aliphatic heterocycles. The van der Waals surface area contributed by atoms with E-state index in [4.69, 9.17) is 5.73 Å². The van der Waals surface area contributed by atoms with Gasteiger partial charge in [0.2, 0.25) is 5.82 Å². The largest absolute Gasteiger partial charge is 0.463 e. The highest BCUT2D eigenvalue weighted by atomic mass is 16.5. The SMILES string of the molecule is COC(=O)c1nc(C)cc(NCC(C)(C)N)n1. The third-order valence-electron chi connectivity index (χ3n) is 1.95. The second-order valence-corrected chi connectivity index (χ2v) is 4.55. The minimum atomic E-state index is -0.552. The number of esters is 1. The van der Waals surface area contributed by atoms with E-state index in [0.717, 1.165) is 0 Å². The van der Waals surface area contributed by atoms with E-state index >= 15 is 0 Å². The van der Waals surface area contributed by atoms with Crippen molar-refractivity contribution in [3.63, 3.8) is 0 Å². The summed E-state index contributed by atoms with van der Waals surface area (Å²) in [5.41, 5.74) is 6.18. The number of carbonyl (C=O) groups excluding carboxylic acids is 1. The van der Waals surface area contributed by atoms with E-state index in [9.17, 15) is 4.79 Å². The lowest BCUT2D eigenvalue weighted by atomic mass is 10.1. The maximum absolute atomic E-state index is 11.3. The summed E-state index contributed by atoms with van der Waals surface area (Å²) in [6.07, 6.45) is 0. The molecule has 3 N–H and O–H groups in total. The maximum atomic E-state index is 11.3. The molecule has 0 atom stereocenters. The number of aryl methyl sites for hydroxylation is 1. The Morgan fingerprint density at radius 1 is 1.53 bits per heavy atom. The highest BCUT2D eigenvalue weighted by Crippen LogP contribution is 2.08. The van der Waals surface area contributed by atoms with Crippen LogP contribution in [0.3, 0.4) is 0 Å². The average Bonchev–Trinajstić information content (AvgIpc) is 2.23. The number of nitrogens with one attached hydrogen (secondary N) is 1. The second-order valence-electron chi connectivity index (χ2n) is 4.55. The van der Waals surface area contributed by atoms with Crippen LogP contribution in [-0.4, -0.2) is 35.1 Å². The molecule has 1 rings (SSSR count). The van der Waals surface area contributed by atoms with Crippen LogP contribution in [0.4, 0.5) is 5.82 Å². The number of aromatic nitrogens is 2. The first-order valence-electron chi connectivity index (χ1n) is 5.28. The zero-order chi connectivity index (χ0) is 13.1. The van der Waals surface area contributed by atoms with Crippen LogP contribution in [-0.2, 0) is 4.74 Å². The number of hydrogen-bond donors (Lipinski definition) is 2. The molecule has 0 fully saturated rings. The molecule has 0 aromatic carbocycles. The van der Waals surface area contributed by atoms with Crippen LogP contribution in [0.1, 0.15) is 30.2 Å². The molecule has 0 aliphatic rings. The number of nitrogens with two attached hydrogens (primary N) is 1. The lowest BCUT2D eigenvalue weighted by Gasteiger charge is -2.19. The summed E-state index contributed by atoms with van der Waals surface area (Å²) in [4.78, 5) is 19.4. The molecule has 6 heteroatoms. The van der Waals surface area contributed by atoms with Crippen LogP contribution >= 0.6 is 0 Å². The Morgan fingerprint density at radius 2 is 2.18 bits per heavy atom. The fourth-order valence-corrected chi connectivity index (χ4v) is 1.16. The number of anilines is 1. The van der Waals surface area contributed by atoms with Crippen molar-refractivity contribution in [3.05, 3.63) is 17.6 Å². The number of rotatable bonds is 4. The third kappa shape index (κ3) is 4.36. The molecule has 1 aromatic rings. The van der Waals surface area contributed by atoms with Gasteiger partial charge in [0.25, 0.3) is 0 Å². The normalized spacial score (nSPS) is 11.1. The van der Waals surface area contributed by atoms with Crippen LogP contribution in [0.25, 0.3) is 0 Å². The molecule has 0 saturated carbocycles. The number of carbonyl (C=O) groups is 1. The fourth-order valence-electron chi connectivity index (χ4n) is 1.16. The molecule has 0 bridgehead atoms. The molecule has 0 aliphatic carbocycles. The van der Waals surface area contributed by atoms with Gasteiger partial charge < -0.3 is 15.8 Å². The predicted octanol–water partition coefficient (Wildman–Crippen LogP) is 0.721. The molecule has 1 aromatic heterocycles. The predicted molar refractivity (Wildman–Crippen MR) is 64.9 cm³/mol. The van der Waals surface area contributed by atoms with Crippen molar-refractivity contribution in [2.45, 2.75) is 26.3 Å². The molecule has 6 nitrogen and oxygen atoms in total. The number of nitrogens with zero attached hydrogens (tertiary/aromatic N) is 2. The summed E-state index contributed by atoms with van der Waals surface area (Å²) in [5, 5.41) is 3.06. The molecule has 0 unspecified atom stereocenters. The second kappa shape index (κ2) is 5.09. The maximum Gasteiger partial charge on any atom is 0.376 e. The Morgan fingerprint density at radius 3 is 2.71 bits per heavy atom. The fraction of sp³-hybridized carbons (Fsp3) is 0.545. The van der Waals surface area contributed by atoms with Crippen LogP contribution in [0.15, 0.2) is 6.07 Å². The summed E-state index contributed by atoms with van der Waals surface area (Å²) >= 11 is 0. The first-order chi connectivity index (χ1) is 7.81. The van der Waals surface area contributed by atoms with Gasteiger partial charge in [0.15, 0.2) is 0 Å². The van der Waals surface area contributed by atoms with Gasteiger partial charge in [0, 0.05) is 23.8 Å². The summed E-state index contributed by atoms with van der Waals surface area (Å²) < 4.78 is 4.58. The topological polar surface area (TPSA) is 90.1 Å². The number of methoxy groups -OCH3 is 1. The first kappa shape index (κ1) is 13.4. The lowest BCUT2D eigenvalue weighted by Crippen LogP contribution is -2.39. The summed E-state index contributed by atoms with van der Waals surface area (Å²) in [5.74, 6) is 0.0602. The van der Waals surface area contributed by atoms with Gasteiger partial charge in [-0.15, -0.1) is 0 Å². The molecule has 0 saturated heterocycles. The Balaban J connectivity index is 2.86. The van der Waals surface area contributed by atoms with Crippen LogP contribution in [0, 0.1) is 6.92 Å². The van der Waals surface area contributed by atoms with Crippen molar-refractivity contribution >= 4 is 11.8 Å². The van der Waals surface area contributed by atoms with Gasteiger partial charge in [-0.1, -0.05) is 0 Å². The van der Waals surface area contributed by atoms with E-state index in [1.165, 1.54) is 7.11 Å². The van der Waals surface area contributed by atoms with Gasteiger partial charge in [-0.3, -0.25) is 0 Å². The summed E-state index contributed by atoms with van der Waals surface area (Å²) in [7, 11) is 1.30. The van der Waals surface area contributed by atoms with Crippen LogP contribution in [0.2, 0.25) is 0 Å². The van der Waals surface area contributed by atoms with Crippen LogP contribution < -0.4 is 11.1 Å². The van der Waals surface area contributed by atoms with Crippen LogP contribution in [0.5, 0.6) is 0 Å². The first-order valence-corrected chi connectivity index (χ1v) is 5.28. The van der Waals surface area contributed by atoms with Crippen molar-refractivity contribution in [2.75, 3.05) is 19.0 Å². The highest BCUT2D eigenvalue weighted by molar-refractivity contribution is 5.85. The highest BCUT2D eigenvalue weighted by Gasteiger charge is 2.14. The van der Waals surface area contributed by atoms with E-state index in [1.807, 2.05) is 13.8 Å². The van der Waals surface area contributed by atoms with Crippen molar-refractivity contribution in [1.82, 2.24) is 9.97 Å². The monoisotopic (exact) mass is 238 g/mol. The Labute approximate surface area is 101 Å². The molecule has 1 heterocycles. The van der Waals surface area contributed by atoms with E-state index in [-0.39, 0.29) is 11.4 Å². The average molecular weight is 238 g/mol. The van der Waals surface area contributed by atoms with Crippen molar-refractivity contribution in [1.29, 1.82) is 0 Å². The number of hydrogen-bond acceptors (Lipinski definition) is 6. The Bertz CT molecular complexity index is 412. The van der Waals surface area contributed by atoms with E-state index < -0.39 is 5.97 Å². The van der Waals surface area contributed by atoms with Gasteiger partial charge in [-0.2, -0.15) is 0 Å². The standard InChI is InChI=1S/C11H18N4O2/c1-7-5-8(13-6-11(2,3)12)15-9(14-7)10(16)17-4/h5H,6,12H2,1-4H3,(H,13,14,15). The number of ether oxygens (including phenoxy) is 1. The third-order valence-corrected chi connectivity index (χ3v) is 1.95. The summed E-state index contributed by atoms with van der Waals surface area (Å²) in [6.45, 7) is 6.13. The molecule has 0 amide bonds. The van der Waals surface area contributed by atoms with E-state index in [2.05, 4.69) is 20.0 Å². The molecule has 17 heavy (non-hydrogen) atoms. The van der Waals surface area contributed by atoms with Gasteiger partial charge in [-0.05, 0) is 20.8 Å². The molecular weight excluding hydrogens is 220 g/mol. The smallest absolute Gasteiger partial charge is 0.376 e. The van der Waals surface area contributed by atoms with Gasteiger partial charge in [0.05, 0.1) is 7.11 Å². The molecular formula is C11H18N4O2. The van der Waals surface area contributed by atoms with Gasteiger partial charge in [0.1, 0.15) is 5.82 Å². The summed E-state index contributed by atoms with van der Waals surface area (Å²) in [6, 6.07) is 1.75. The van der Waals surface area contributed by atoms with Gasteiger partial charge >= 0.3 is 5.97 Å². The molecule has 0 spiro atoms. The molecule has 0 radical (unpaired) electrons. The zero-order valence-corrected chi connectivity index (χ0v) is 10.6. The Hall–Kier alpha value is -1.69. The minimum absolute atomic E-state index is 0.0461. The minimum Gasteiger partial charge on any atom is -0.463 e. The molecule has 94 valence electrons.